The molecule has 0 amide bonds. The van der Waals surface area contributed by atoms with Crippen LogP contribution < -0.4 is 24.3 Å². The predicted octanol–water partition coefficient (Wildman–Crippen LogP) is 6.61. The average Bonchev–Trinajstić information content (AvgIpc) is 2.71. The minimum absolute atomic E-state index is 0. The van der Waals surface area contributed by atoms with Gasteiger partial charge >= 0.3 is 0 Å². The Morgan fingerprint density at radius 1 is 0.562 bits per heavy atom. The molecule has 2 atom stereocenters. The van der Waals surface area contributed by atoms with Gasteiger partial charge in [0, 0.05) is 12.1 Å². The SMILES string of the molecule is COc1ccc(C(NC(c2ccc(OC)c(OC)c2)C(C)(C)C)C(C)(C)C)cc1OC.Cl. The van der Waals surface area contributed by atoms with Gasteiger partial charge in [0.25, 0.3) is 0 Å². The summed E-state index contributed by atoms with van der Waals surface area (Å²) in [4.78, 5) is 0. The van der Waals surface area contributed by atoms with Gasteiger partial charge in [-0.25, -0.2) is 0 Å². The first-order valence-corrected chi connectivity index (χ1v) is 10.7. The third-order valence-electron chi connectivity index (χ3n) is 5.55. The number of rotatable bonds is 8. The van der Waals surface area contributed by atoms with Gasteiger partial charge in [0.2, 0.25) is 0 Å². The Morgan fingerprint density at radius 3 is 1.12 bits per heavy atom. The largest absolute Gasteiger partial charge is 0.493 e. The van der Waals surface area contributed by atoms with Crippen LogP contribution in [0.4, 0.5) is 0 Å². The minimum atomic E-state index is -0.0420. The summed E-state index contributed by atoms with van der Waals surface area (Å²) in [5, 5.41) is 3.95. The van der Waals surface area contributed by atoms with Gasteiger partial charge in [-0.1, -0.05) is 53.7 Å². The lowest BCUT2D eigenvalue weighted by Gasteiger charge is -2.41. The van der Waals surface area contributed by atoms with Crippen molar-refractivity contribution in [2.75, 3.05) is 28.4 Å². The Morgan fingerprint density at radius 2 is 0.875 bits per heavy atom. The van der Waals surface area contributed by atoms with E-state index in [9.17, 15) is 0 Å². The van der Waals surface area contributed by atoms with Crippen molar-refractivity contribution in [1.82, 2.24) is 5.32 Å². The molecule has 180 valence electrons. The molecular weight excluding hydrogens is 426 g/mol. The Labute approximate surface area is 200 Å². The maximum Gasteiger partial charge on any atom is 0.161 e. The summed E-state index contributed by atoms with van der Waals surface area (Å²) in [6, 6.07) is 12.4. The van der Waals surface area contributed by atoms with Crippen molar-refractivity contribution >= 4 is 12.4 Å². The zero-order valence-electron chi connectivity index (χ0n) is 21.2. The zero-order chi connectivity index (χ0) is 23.4. The second-order valence-electron chi connectivity index (χ2n) is 9.99. The van der Waals surface area contributed by atoms with E-state index in [1.165, 1.54) is 0 Å². The highest BCUT2D eigenvalue weighted by Gasteiger charge is 2.34. The molecule has 2 aromatic carbocycles. The number of halogens is 1. The molecule has 0 radical (unpaired) electrons. The van der Waals surface area contributed by atoms with Crippen LogP contribution in [0, 0.1) is 10.8 Å². The fraction of sp³-hybridized carbons (Fsp3) is 0.538. The van der Waals surface area contributed by atoms with Crippen LogP contribution in [0.15, 0.2) is 36.4 Å². The van der Waals surface area contributed by atoms with E-state index in [0.717, 1.165) is 34.1 Å². The maximum absolute atomic E-state index is 5.57. The molecule has 0 heterocycles. The smallest absolute Gasteiger partial charge is 0.161 e. The van der Waals surface area contributed by atoms with Crippen molar-refractivity contribution in [2.24, 2.45) is 10.8 Å². The monoisotopic (exact) mass is 465 g/mol. The van der Waals surface area contributed by atoms with Gasteiger partial charge in [-0.2, -0.15) is 0 Å². The van der Waals surface area contributed by atoms with Crippen molar-refractivity contribution in [3.05, 3.63) is 47.5 Å². The van der Waals surface area contributed by atoms with Gasteiger partial charge < -0.3 is 24.3 Å². The van der Waals surface area contributed by atoms with E-state index in [4.69, 9.17) is 18.9 Å². The summed E-state index contributed by atoms with van der Waals surface area (Å²) >= 11 is 0. The van der Waals surface area contributed by atoms with Gasteiger partial charge in [-0.05, 0) is 46.2 Å². The summed E-state index contributed by atoms with van der Waals surface area (Å²) in [6.07, 6.45) is 0. The van der Waals surface area contributed by atoms with Gasteiger partial charge in [-0.15, -0.1) is 12.4 Å². The summed E-state index contributed by atoms with van der Waals surface area (Å²) in [6.45, 7) is 13.5. The van der Waals surface area contributed by atoms with Crippen molar-refractivity contribution in [1.29, 1.82) is 0 Å². The fourth-order valence-corrected chi connectivity index (χ4v) is 3.92. The van der Waals surface area contributed by atoms with E-state index in [1.54, 1.807) is 28.4 Å². The second kappa shape index (κ2) is 11.2. The normalized spacial score (nSPS) is 13.6. The Bertz CT molecular complexity index is 800. The van der Waals surface area contributed by atoms with Crippen molar-refractivity contribution in [2.45, 2.75) is 53.6 Å². The van der Waals surface area contributed by atoms with Crippen molar-refractivity contribution in [3.8, 4) is 23.0 Å². The molecule has 6 heteroatoms. The van der Waals surface area contributed by atoms with Crippen LogP contribution in [0.5, 0.6) is 23.0 Å². The predicted molar refractivity (Wildman–Crippen MR) is 134 cm³/mol. The molecule has 0 aliphatic carbocycles. The topological polar surface area (TPSA) is 49.0 Å². The van der Waals surface area contributed by atoms with E-state index < -0.39 is 0 Å². The van der Waals surface area contributed by atoms with Gasteiger partial charge in [0.15, 0.2) is 23.0 Å². The highest BCUT2D eigenvalue weighted by molar-refractivity contribution is 5.85. The Hall–Kier alpha value is -2.11. The van der Waals surface area contributed by atoms with Crippen LogP contribution >= 0.6 is 12.4 Å². The number of methoxy groups -OCH3 is 4. The molecule has 0 aliphatic heterocycles. The molecule has 0 saturated heterocycles. The van der Waals surface area contributed by atoms with Crippen LogP contribution in [-0.2, 0) is 0 Å². The molecule has 0 saturated carbocycles. The third kappa shape index (κ3) is 6.46. The molecule has 2 aromatic rings. The lowest BCUT2D eigenvalue weighted by Crippen LogP contribution is -2.40. The quantitative estimate of drug-likeness (QED) is 0.475. The second-order valence-corrected chi connectivity index (χ2v) is 9.99. The number of nitrogens with one attached hydrogen (secondary N) is 1. The molecule has 0 spiro atoms. The molecule has 0 bridgehead atoms. The molecular formula is C26H40ClNO4. The highest BCUT2D eigenvalue weighted by Crippen LogP contribution is 2.43. The maximum atomic E-state index is 5.57. The number of hydrogen-bond acceptors (Lipinski definition) is 5. The molecule has 0 fully saturated rings. The molecule has 0 aliphatic rings. The summed E-state index contributed by atoms with van der Waals surface area (Å²) in [5.41, 5.74) is 2.22. The van der Waals surface area contributed by atoms with Crippen LogP contribution in [0.3, 0.4) is 0 Å². The summed E-state index contributed by atoms with van der Waals surface area (Å²) < 4.78 is 22.0. The molecule has 5 nitrogen and oxygen atoms in total. The number of benzene rings is 2. The van der Waals surface area contributed by atoms with E-state index in [1.807, 2.05) is 12.1 Å². The molecule has 1 N–H and O–H groups in total. The third-order valence-corrected chi connectivity index (χ3v) is 5.55. The standard InChI is InChI=1S/C26H39NO4.ClH/c1-25(2,3)23(17-11-13-19(28-7)21(15-17)30-9)27-24(26(4,5)6)18-12-14-20(29-8)22(16-18)31-10;/h11-16,23-24,27H,1-10H3;1H. The van der Waals surface area contributed by atoms with Gasteiger partial charge in [-0.3, -0.25) is 0 Å². The minimum Gasteiger partial charge on any atom is -0.493 e. The van der Waals surface area contributed by atoms with Crippen LogP contribution in [0.25, 0.3) is 0 Å². The lowest BCUT2D eigenvalue weighted by atomic mass is 9.77. The van der Waals surface area contributed by atoms with Gasteiger partial charge in [0.1, 0.15) is 0 Å². The molecule has 32 heavy (non-hydrogen) atoms. The number of ether oxygens (including phenoxy) is 4. The molecule has 2 rings (SSSR count). The Balaban J connectivity index is 0.00000512. The van der Waals surface area contributed by atoms with Crippen LogP contribution in [0.1, 0.15) is 64.8 Å². The highest BCUT2D eigenvalue weighted by atomic mass is 35.5. The fourth-order valence-electron chi connectivity index (χ4n) is 3.92. The van der Waals surface area contributed by atoms with E-state index in [-0.39, 0.29) is 35.3 Å². The van der Waals surface area contributed by atoms with Crippen molar-refractivity contribution < 1.29 is 18.9 Å². The lowest BCUT2D eigenvalue weighted by molar-refractivity contribution is 0.184. The van der Waals surface area contributed by atoms with E-state index in [0.29, 0.717) is 0 Å². The van der Waals surface area contributed by atoms with Crippen LogP contribution in [-0.4, -0.2) is 28.4 Å². The molecule has 2 unspecified atom stereocenters. The summed E-state index contributed by atoms with van der Waals surface area (Å²) in [7, 11) is 6.65. The first kappa shape index (κ1) is 27.9. The first-order chi connectivity index (χ1) is 14.5. The van der Waals surface area contributed by atoms with Crippen molar-refractivity contribution in [3.63, 3.8) is 0 Å². The van der Waals surface area contributed by atoms with E-state index >= 15 is 0 Å². The Kier molecular flexibility index (Phi) is 9.73. The number of hydrogen-bond donors (Lipinski definition) is 1. The summed E-state index contributed by atoms with van der Waals surface area (Å²) in [5.74, 6) is 2.92. The van der Waals surface area contributed by atoms with Crippen LogP contribution in [0.2, 0.25) is 0 Å². The molecule has 0 aromatic heterocycles. The average molecular weight is 466 g/mol. The first-order valence-electron chi connectivity index (χ1n) is 10.7. The zero-order valence-corrected chi connectivity index (χ0v) is 22.0. The van der Waals surface area contributed by atoms with E-state index in [2.05, 4.69) is 71.1 Å². The van der Waals surface area contributed by atoms with Gasteiger partial charge in [0.05, 0.1) is 28.4 Å².